The molecule has 3 rings (SSSR count). The molecule has 1 unspecified atom stereocenters. The SMILES string of the molecule is CC(COc1c(Cl)cccc1Cl)NCc1ccc2c(c1)C(C)(C)N([O])C2(C)C. The molecule has 151 valence electrons. The molecule has 2 aromatic carbocycles. The van der Waals surface area contributed by atoms with Crippen molar-refractivity contribution in [3.63, 3.8) is 0 Å². The molecule has 0 aromatic heterocycles. The van der Waals surface area contributed by atoms with Gasteiger partial charge in [-0.25, -0.2) is 0 Å². The molecule has 1 radical (unpaired) electrons. The number of hydrogen-bond acceptors (Lipinski definition) is 3. The number of hydroxylamine groups is 2. The van der Waals surface area contributed by atoms with Gasteiger partial charge in [-0.1, -0.05) is 47.5 Å². The summed E-state index contributed by atoms with van der Waals surface area (Å²) in [6.07, 6.45) is 0. The van der Waals surface area contributed by atoms with Crippen molar-refractivity contribution in [2.24, 2.45) is 0 Å². The van der Waals surface area contributed by atoms with Crippen molar-refractivity contribution >= 4 is 23.2 Å². The Labute approximate surface area is 177 Å². The third-order valence-corrected chi connectivity index (χ3v) is 6.06. The lowest BCUT2D eigenvalue weighted by atomic mass is 9.89. The standard InChI is InChI=1S/C22H27Cl2N2O2/c1-14(13-28-20-18(23)7-6-8-19(20)24)25-12-15-9-10-16-17(11-15)22(4,5)26(27)21(16,2)3/h6-11,14,25H,12-13H2,1-5H3. The van der Waals surface area contributed by atoms with Gasteiger partial charge < -0.3 is 10.1 Å². The first-order chi connectivity index (χ1) is 13.0. The lowest BCUT2D eigenvalue weighted by molar-refractivity contribution is -0.266. The quantitative estimate of drug-likeness (QED) is 0.651. The fraction of sp³-hybridized carbons (Fsp3) is 0.455. The summed E-state index contributed by atoms with van der Waals surface area (Å²) in [5.41, 5.74) is 2.28. The average molecular weight is 422 g/mol. The van der Waals surface area contributed by atoms with E-state index >= 15 is 0 Å². The van der Waals surface area contributed by atoms with Crippen LogP contribution in [0.2, 0.25) is 10.0 Å². The highest BCUT2D eigenvalue weighted by Gasteiger charge is 2.49. The minimum atomic E-state index is -0.537. The maximum Gasteiger partial charge on any atom is 0.156 e. The summed E-state index contributed by atoms with van der Waals surface area (Å²) < 4.78 is 5.79. The van der Waals surface area contributed by atoms with Crippen molar-refractivity contribution in [3.8, 4) is 5.75 Å². The van der Waals surface area contributed by atoms with Gasteiger partial charge in [-0.05, 0) is 63.4 Å². The molecule has 1 heterocycles. The summed E-state index contributed by atoms with van der Waals surface area (Å²) in [6.45, 7) is 11.1. The van der Waals surface area contributed by atoms with Gasteiger partial charge in [-0.15, -0.1) is 10.3 Å². The van der Waals surface area contributed by atoms with Crippen LogP contribution in [0.4, 0.5) is 0 Å². The van der Waals surface area contributed by atoms with E-state index in [-0.39, 0.29) is 6.04 Å². The van der Waals surface area contributed by atoms with Crippen LogP contribution in [0, 0.1) is 0 Å². The molecule has 1 N–H and O–H groups in total. The Morgan fingerprint density at radius 3 is 2.29 bits per heavy atom. The smallest absolute Gasteiger partial charge is 0.156 e. The molecule has 2 aromatic rings. The van der Waals surface area contributed by atoms with E-state index in [0.29, 0.717) is 28.9 Å². The number of benzene rings is 2. The van der Waals surface area contributed by atoms with Crippen LogP contribution in [0.15, 0.2) is 36.4 Å². The molecule has 0 saturated carbocycles. The van der Waals surface area contributed by atoms with E-state index in [2.05, 4.69) is 23.5 Å². The third kappa shape index (κ3) is 3.89. The van der Waals surface area contributed by atoms with Crippen molar-refractivity contribution in [2.75, 3.05) is 6.61 Å². The van der Waals surface area contributed by atoms with Crippen LogP contribution in [0.25, 0.3) is 0 Å². The fourth-order valence-corrected chi connectivity index (χ4v) is 4.34. The van der Waals surface area contributed by atoms with Crippen LogP contribution in [-0.2, 0) is 22.8 Å². The zero-order chi connectivity index (χ0) is 20.7. The molecule has 4 nitrogen and oxygen atoms in total. The number of para-hydroxylation sites is 1. The Hall–Kier alpha value is -1.30. The molecule has 6 heteroatoms. The zero-order valence-corrected chi connectivity index (χ0v) is 18.5. The van der Waals surface area contributed by atoms with Crippen LogP contribution >= 0.6 is 23.2 Å². The van der Waals surface area contributed by atoms with Crippen LogP contribution < -0.4 is 10.1 Å². The highest BCUT2D eigenvalue weighted by atomic mass is 35.5. The van der Waals surface area contributed by atoms with Crippen molar-refractivity contribution in [1.29, 1.82) is 0 Å². The van der Waals surface area contributed by atoms with E-state index < -0.39 is 11.1 Å². The second kappa shape index (κ2) is 7.85. The molecule has 1 atom stereocenters. The summed E-state index contributed by atoms with van der Waals surface area (Å²) in [6, 6.07) is 11.7. The molecule has 0 bridgehead atoms. The second-order valence-corrected chi connectivity index (χ2v) is 9.25. The molecule has 0 fully saturated rings. The molecular formula is C22H27Cl2N2O2. The number of halogens is 2. The van der Waals surface area contributed by atoms with Gasteiger partial charge in [0.05, 0.1) is 21.1 Å². The number of nitrogens with one attached hydrogen (secondary N) is 1. The van der Waals surface area contributed by atoms with Gasteiger partial charge in [0.25, 0.3) is 0 Å². The van der Waals surface area contributed by atoms with Gasteiger partial charge in [-0.3, -0.25) is 0 Å². The molecule has 0 aliphatic carbocycles. The van der Waals surface area contributed by atoms with Gasteiger partial charge in [0.15, 0.2) is 5.75 Å². The molecule has 1 aliphatic rings. The monoisotopic (exact) mass is 421 g/mol. The molecule has 0 amide bonds. The molecule has 1 aliphatic heterocycles. The first-order valence-corrected chi connectivity index (χ1v) is 10.2. The summed E-state index contributed by atoms with van der Waals surface area (Å²) >= 11 is 12.3. The first kappa shape index (κ1) is 21.4. The maximum atomic E-state index is 12.7. The third-order valence-electron chi connectivity index (χ3n) is 5.47. The number of hydrogen-bond donors (Lipinski definition) is 1. The summed E-state index contributed by atoms with van der Waals surface area (Å²) in [4.78, 5) is 0. The highest BCUT2D eigenvalue weighted by Crippen LogP contribution is 2.48. The second-order valence-electron chi connectivity index (χ2n) is 8.44. The minimum Gasteiger partial charge on any atom is -0.489 e. The summed E-state index contributed by atoms with van der Waals surface area (Å²) in [5.74, 6) is 0.511. The predicted octanol–water partition coefficient (Wildman–Crippen LogP) is 5.68. The van der Waals surface area contributed by atoms with Gasteiger partial charge in [0.2, 0.25) is 0 Å². The van der Waals surface area contributed by atoms with E-state index in [9.17, 15) is 5.21 Å². The van der Waals surface area contributed by atoms with E-state index in [1.807, 2.05) is 34.6 Å². The number of ether oxygens (including phenoxy) is 1. The van der Waals surface area contributed by atoms with Crippen LogP contribution in [0.1, 0.15) is 51.3 Å². The molecule has 28 heavy (non-hydrogen) atoms. The van der Waals surface area contributed by atoms with Crippen LogP contribution in [0.3, 0.4) is 0 Å². The molecular weight excluding hydrogens is 395 g/mol. The van der Waals surface area contributed by atoms with Crippen molar-refractivity contribution in [2.45, 2.75) is 58.3 Å². The Balaban J connectivity index is 1.64. The van der Waals surface area contributed by atoms with E-state index in [1.165, 1.54) is 5.06 Å². The van der Waals surface area contributed by atoms with Crippen molar-refractivity contribution in [1.82, 2.24) is 10.4 Å². The van der Waals surface area contributed by atoms with Crippen LogP contribution in [0.5, 0.6) is 5.75 Å². The molecule has 0 saturated heterocycles. The minimum absolute atomic E-state index is 0.0982. The predicted molar refractivity (Wildman–Crippen MR) is 113 cm³/mol. The number of fused-ring (bicyclic) bond motifs is 1. The van der Waals surface area contributed by atoms with Gasteiger partial charge in [0.1, 0.15) is 6.61 Å². The lowest BCUT2D eigenvalue weighted by Gasteiger charge is -2.32. The summed E-state index contributed by atoms with van der Waals surface area (Å²) in [5, 5.41) is 18.4. The van der Waals surface area contributed by atoms with E-state index in [0.717, 1.165) is 16.7 Å². The summed E-state index contributed by atoms with van der Waals surface area (Å²) in [7, 11) is 0. The Kier molecular flexibility index (Phi) is 6.00. The molecule has 0 spiro atoms. The van der Waals surface area contributed by atoms with Gasteiger partial charge >= 0.3 is 0 Å². The van der Waals surface area contributed by atoms with E-state index in [4.69, 9.17) is 27.9 Å². The Morgan fingerprint density at radius 2 is 1.64 bits per heavy atom. The number of nitrogens with zero attached hydrogens (tertiary/aromatic N) is 1. The largest absolute Gasteiger partial charge is 0.489 e. The zero-order valence-electron chi connectivity index (χ0n) is 17.0. The highest BCUT2D eigenvalue weighted by molar-refractivity contribution is 6.37. The number of rotatable bonds is 6. The fourth-order valence-electron chi connectivity index (χ4n) is 3.84. The van der Waals surface area contributed by atoms with Crippen LogP contribution in [-0.4, -0.2) is 17.7 Å². The Bertz CT molecular complexity index is 847. The van der Waals surface area contributed by atoms with E-state index in [1.54, 1.807) is 18.2 Å². The maximum absolute atomic E-state index is 12.7. The van der Waals surface area contributed by atoms with Gasteiger partial charge in [0, 0.05) is 12.6 Å². The normalized spacial score (nSPS) is 18.7. The first-order valence-electron chi connectivity index (χ1n) is 9.46. The van der Waals surface area contributed by atoms with Gasteiger partial charge in [-0.2, -0.15) is 0 Å². The average Bonchev–Trinajstić information content (AvgIpc) is 2.77. The van der Waals surface area contributed by atoms with Crippen molar-refractivity contribution in [3.05, 3.63) is 63.1 Å². The Morgan fingerprint density at radius 1 is 1.04 bits per heavy atom. The topological polar surface area (TPSA) is 44.4 Å². The lowest BCUT2D eigenvalue weighted by Crippen LogP contribution is -2.41. The van der Waals surface area contributed by atoms with Crippen molar-refractivity contribution < 1.29 is 9.94 Å².